The number of rotatable bonds is 2. The van der Waals surface area contributed by atoms with Gasteiger partial charge < -0.3 is 4.90 Å². The van der Waals surface area contributed by atoms with E-state index in [9.17, 15) is 22.0 Å². The van der Waals surface area contributed by atoms with Crippen LogP contribution in [0.2, 0.25) is 0 Å². The van der Waals surface area contributed by atoms with Crippen LogP contribution in [0.4, 0.5) is 22.0 Å². The van der Waals surface area contributed by atoms with Gasteiger partial charge in [-0.05, 0) is 5.41 Å². The van der Waals surface area contributed by atoms with Gasteiger partial charge in [-0.2, -0.15) is 27.1 Å². The van der Waals surface area contributed by atoms with Gasteiger partial charge >= 0.3 is 12.1 Å². The van der Waals surface area contributed by atoms with E-state index in [0.717, 1.165) is 4.90 Å². The number of hydrazone groups is 1. The van der Waals surface area contributed by atoms with Gasteiger partial charge in [-0.15, -0.1) is 0 Å². The fourth-order valence-electron chi connectivity index (χ4n) is 1.44. The first-order valence-electron chi connectivity index (χ1n) is 4.96. The number of nitrogens with zero attached hydrogens (tertiary/aromatic N) is 2. The molecule has 8 heteroatoms. The zero-order chi connectivity index (χ0) is 13.5. The topological polar surface area (TPSA) is 27.6 Å². The zero-order valence-corrected chi connectivity index (χ0v) is 9.70. The third-order valence-corrected chi connectivity index (χ3v) is 2.05. The maximum atomic E-state index is 13.1. The Bertz CT molecular complexity index is 316. The van der Waals surface area contributed by atoms with Gasteiger partial charge in [-0.3, -0.25) is 5.43 Å². The fourth-order valence-corrected chi connectivity index (χ4v) is 1.44. The number of hydrogen-bond donors (Lipinski definition) is 1. The smallest absolute Gasteiger partial charge is 0.334 e. The molecule has 100 valence electrons. The van der Waals surface area contributed by atoms with E-state index in [2.05, 4.69) is 10.5 Å². The van der Waals surface area contributed by atoms with Crippen molar-refractivity contribution in [1.82, 2.24) is 10.3 Å². The average molecular weight is 259 g/mol. The van der Waals surface area contributed by atoms with Crippen molar-refractivity contribution in [2.45, 2.75) is 32.9 Å². The molecule has 0 aromatic carbocycles. The van der Waals surface area contributed by atoms with E-state index >= 15 is 0 Å². The van der Waals surface area contributed by atoms with E-state index in [-0.39, 0.29) is 13.2 Å². The molecule has 1 aliphatic heterocycles. The monoisotopic (exact) mass is 259 g/mol. The SMILES string of the molecule is CC(C)(C)CN1CNN=C1C(F)(F)C(F)(F)F. The highest BCUT2D eigenvalue weighted by molar-refractivity contribution is 5.90. The Kier molecular flexibility index (Phi) is 3.28. The van der Waals surface area contributed by atoms with Crippen molar-refractivity contribution in [3.05, 3.63) is 0 Å². The third-order valence-electron chi connectivity index (χ3n) is 2.05. The second-order valence-corrected chi connectivity index (χ2v) is 5.08. The van der Waals surface area contributed by atoms with Crippen molar-refractivity contribution in [2.75, 3.05) is 13.2 Å². The lowest BCUT2D eigenvalue weighted by Gasteiger charge is -2.31. The lowest BCUT2D eigenvalue weighted by Crippen LogP contribution is -2.52. The number of hydrogen-bond acceptors (Lipinski definition) is 3. The highest BCUT2D eigenvalue weighted by Gasteiger charge is 2.63. The molecule has 3 nitrogen and oxygen atoms in total. The molecule has 1 N–H and O–H groups in total. The van der Waals surface area contributed by atoms with Crippen molar-refractivity contribution in [1.29, 1.82) is 0 Å². The van der Waals surface area contributed by atoms with Gasteiger partial charge in [0, 0.05) is 6.54 Å². The normalized spacial score (nSPS) is 18.1. The Morgan fingerprint density at radius 2 is 1.71 bits per heavy atom. The van der Waals surface area contributed by atoms with Crippen LogP contribution in [0.15, 0.2) is 5.10 Å². The molecule has 1 aliphatic rings. The maximum absolute atomic E-state index is 13.1. The van der Waals surface area contributed by atoms with Crippen LogP contribution in [0.3, 0.4) is 0 Å². The molecule has 0 atom stereocenters. The number of nitrogens with one attached hydrogen (secondary N) is 1. The molecule has 0 saturated carbocycles. The van der Waals surface area contributed by atoms with Crippen LogP contribution < -0.4 is 5.43 Å². The molecule has 1 rings (SSSR count). The van der Waals surface area contributed by atoms with E-state index in [0.29, 0.717) is 0 Å². The summed E-state index contributed by atoms with van der Waals surface area (Å²) in [5.41, 5.74) is 1.75. The molecule has 0 unspecified atom stereocenters. The van der Waals surface area contributed by atoms with Gasteiger partial charge in [-0.1, -0.05) is 20.8 Å². The molecule has 0 aliphatic carbocycles. The first-order chi connectivity index (χ1) is 7.45. The Labute approximate surface area is 95.7 Å². The minimum absolute atomic E-state index is 0.0600. The van der Waals surface area contributed by atoms with Crippen molar-refractivity contribution in [2.24, 2.45) is 10.5 Å². The summed E-state index contributed by atoms with van der Waals surface area (Å²) in [6.45, 7) is 5.15. The number of amidine groups is 1. The Morgan fingerprint density at radius 1 is 1.18 bits per heavy atom. The minimum atomic E-state index is -5.63. The number of alkyl halides is 5. The average Bonchev–Trinajstić information content (AvgIpc) is 2.46. The van der Waals surface area contributed by atoms with Crippen LogP contribution in [0.5, 0.6) is 0 Å². The predicted octanol–water partition coefficient (Wildman–Crippen LogP) is 2.41. The fraction of sp³-hybridized carbons (Fsp3) is 0.889. The maximum Gasteiger partial charge on any atom is 0.461 e. The molecule has 0 aromatic heterocycles. The minimum Gasteiger partial charge on any atom is -0.334 e. The summed E-state index contributed by atoms with van der Waals surface area (Å²) in [5, 5.41) is 3.06. The predicted molar refractivity (Wildman–Crippen MR) is 52.6 cm³/mol. The summed E-state index contributed by atoms with van der Waals surface area (Å²) in [5.74, 6) is -6.19. The van der Waals surface area contributed by atoms with Crippen LogP contribution in [0.25, 0.3) is 0 Å². The quantitative estimate of drug-likeness (QED) is 0.771. The molecule has 0 radical (unpaired) electrons. The molecular formula is C9H14F5N3. The molecule has 17 heavy (non-hydrogen) atoms. The highest BCUT2D eigenvalue weighted by Crippen LogP contribution is 2.38. The van der Waals surface area contributed by atoms with Gasteiger partial charge in [0.25, 0.3) is 0 Å². The highest BCUT2D eigenvalue weighted by atomic mass is 19.4. The molecule has 0 amide bonds. The van der Waals surface area contributed by atoms with Gasteiger partial charge in [0.2, 0.25) is 5.84 Å². The lowest BCUT2D eigenvalue weighted by atomic mass is 9.96. The Morgan fingerprint density at radius 3 is 2.12 bits per heavy atom. The summed E-state index contributed by atoms with van der Waals surface area (Å²) in [6.07, 6.45) is -5.63. The van der Waals surface area contributed by atoms with Crippen molar-refractivity contribution < 1.29 is 22.0 Å². The molecule has 1 heterocycles. The molecule has 0 fully saturated rings. The summed E-state index contributed by atoms with van der Waals surface area (Å²) in [6, 6.07) is 0. The van der Waals surface area contributed by atoms with Gasteiger partial charge in [0.05, 0.1) is 0 Å². The standard InChI is InChI=1S/C9H14F5N3/c1-7(2,3)4-17-5-15-16-6(17)8(10,11)9(12,13)14/h15H,4-5H2,1-3H3. The van der Waals surface area contributed by atoms with Gasteiger partial charge in [0.1, 0.15) is 6.67 Å². The van der Waals surface area contributed by atoms with Gasteiger partial charge in [0.15, 0.2) is 0 Å². The summed E-state index contributed by atoms with van der Waals surface area (Å²) < 4.78 is 62.9. The van der Waals surface area contributed by atoms with Crippen LogP contribution >= 0.6 is 0 Å². The van der Waals surface area contributed by atoms with E-state index < -0.39 is 23.3 Å². The summed E-state index contributed by atoms with van der Waals surface area (Å²) in [7, 11) is 0. The second-order valence-electron chi connectivity index (χ2n) is 5.08. The third kappa shape index (κ3) is 2.98. The molecule has 0 bridgehead atoms. The van der Waals surface area contributed by atoms with Gasteiger partial charge in [-0.25, -0.2) is 0 Å². The summed E-state index contributed by atoms with van der Waals surface area (Å²) in [4.78, 5) is 0.910. The van der Waals surface area contributed by atoms with Crippen LogP contribution in [0, 0.1) is 5.41 Å². The first kappa shape index (κ1) is 14.0. The van der Waals surface area contributed by atoms with E-state index in [4.69, 9.17) is 0 Å². The Hall–Kier alpha value is -1.08. The van der Waals surface area contributed by atoms with Crippen LogP contribution in [-0.2, 0) is 0 Å². The second kappa shape index (κ2) is 3.99. The van der Waals surface area contributed by atoms with Crippen molar-refractivity contribution in [3.63, 3.8) is 0 Å². The molecular weight excluding hydrogens is 245 g/mol. The van der Waals surface area contributed by atoms with E-state index in [1.165, 1.54) is 0 Å². The van der Waals surface area contributed by atoms with Crippen molar-refractivity contribution >= 4 is 5.84 Å². The molecule has 0 saturated heterocycles. The largest absolute Gasteiger partial charge is 0.461 e. The van der Waals surface area contributed by atoms with E-state index in [1.807, 2.05) is 0 Å². The number of halogens is 5. The van der Waals surface area contributed by atoms with Crippen LogP contribution in [0.1, 0.15) is 20.8 Å². The van der Waals surface area contributed by atoms with Crippen LogP contribution in [-0.4, -0.2) is 36.0 Å². The zero-order valence-electron chi connectivity index (χ0n) is 9.70. The van der Waals surface area contributed by atoms with E-state index in [1.54, 1.807) is 20.8 Å². The first-order valence-corrected chi connectivity index (χ1v) is 4.96. The summed E-state index contributed by atoms with van der Waals surface area (Å²) >= 11 is 0. The Balaban J connectivity index is 2.91. The molecule has 0 spiro atoms. The lowest BCUT2D eigenvalue weighted by molar-refractivity contribution is -0.252. The van der Waals surface area contributed by atoms with Crippen molar-refractivity contribution in [3.8, 4) is 0 Å². The molecule has 0 aromatic rings.